The van der Waals surface area contributed by atoms with Gasteiger partial charge in [0.05, 0.1) is 27.8 Å². The fourth-order valence-electron chi connectivity index (χ4n) is 3.14. The monoisotopic (exact) mass is 432 g/mol. The van der Waals surface area contributed by atoms with Crippen LogP contribution in [0.25, 0.3) is 10.8 Å². The molecule has 1 aliphatic heterocycles. The highest BCUT2D eigenvalue weighted by molar-refractivity contribution is 7.98. The molecule has 0 saturated heterocycles. The van der Waals surface area contributed by atoms with Crippen LogP contribution in [0.4, 0.5) is 5.69 Å². The van der Waals surface area contributed by atoms with E-state index >= 15 is 0 Å². The Morgan fingerprint density at radius 1 is 0.933 bits per heavy atom. The lowest BCUT2D eigenvalue weighted by Crippen LogP contribution is -2.29. The van der Waals surface area contributed by atoms with Gasteiger partial charge in [0, 0.05) is 11.6 Å². The fraction of sp³-hybridized carbons (Fsp3) is 0.0435. The molecule has 148 valence electrons. The number of aliphatic imine (C=N–C) groups is 1. The van der Waals surface area contributed by atoms with E-state index in [0.717, 1.165) is 27.0 Å². The van der Waals surface area contributed by atoms with Crippen LogP contribution >= 0.6 is 23.5 Å². The summed E-state index contributed by atoms with van der Waals surface area (Å²) in [7, 11) is 0. The summed E-state index contributed by atoms with van der Waals surface area (Å²) in [6.07, 6.45) is 1.88. The number of nitrogens with zero attached hydrogens (tertiary/aromatic N) is 2. The smallest absolute Gasteiger partial charge is 0.206 e. The van der Waals surface area contributed by atoms with Gasteiger partial charge in [-0.3, -0.25) is 9.71 Å². The third kappa shape index (κ3) is 3.92. The molecular formula is C23H17ClN4OS. The Morgan fingerprint density at radius 2 is 1.73 bits per heavy atom. The average Bonchev–Trinajstić information content (AvgIpc) is 2.79. The van der Waals surface area contributed by atoms with E-state index in [1.165, 1.54) is 11.9 Å². The van der Waals surface area contributed by atoms with Crippen LogP contribution in [0.5, 0.6) is 11.5 Å². The first-order valence-electron chi connectivity index (χ1n) is 9.40. The normalized spacial score (nSPS) is 14.1. The zero-order valence-electron chi connectivity index (χ0n) is 15.8. The van der Waals surface area contributed by atoms with Crippen molar-refractivity contribution in [1.82, 2.24) is 9.71 Å². The molecule has 0 saturated carbocycles. The predicted molar refractivity (Wildman–Crippen MR) is 123 cm³/mol. The van der Waals surface area contributed by atoms with Gasteiger partial charge < -0.3 is 10.1 Å². The first kappa shape index (κ1) is 18.8. The minimum absolute atomic E-state index is 0.462. The van der Waals surface area contributed by atoms with Crippen molar-refractivity contribution >= 4 is 46.0 Å². The first-order chi connectivity index (χ1) is 14.8. The molecule has 3 aromatic carbocycles. The van der Waals surface area contributed by atoms with Gasteiger partial charge >= 0.3 is 0 Å². The molecule has 0 radical (unpaired) electrons. The zero-order valence-corrected chi connectivity index (χ0v) is 17.4. The van der Waals surface area contributed by atoms with Gasteiger partial charge in [-0.15, -0.1) is 0 Å². The summed E-state index contributed by atoms with van der Waals surface area (Å²) < 4.78 is 9.30. The van der Waals surface area contributed by atoms with Crippen molar-refractivity contribution in [2.45, 2.75) is 11.4 Å². The number of anilines is 1. The number of aromatic nitrogens is 1. The number of rotatable bonds is 4. The summed E-state index contributed by atoms with van der Waals surface area (Å²) in [5.74, 6) is 1.94. The molecule has 0 fully saturated rings. The van der Waals surface area contributed by atoms with Gasteiger partial charge in [0.15, 0.2) is 5.75 Å². The molecule has 0 bridgehead atoms. The third-order valence-electron chi connectivity index (χ3n) is 4.63. The second kappa shape index (κ2) is 8.26. The third-order valence-corrected chi connectivity index (χ3v) is 5.80. The molecule has 0 atom stereocenters. The van der Waals surface area contributed by atoms with E-state index in [-0.39, 0.29) is 0 Å². The number of fused-ring (bicyclic) bond motifs is 2. The Hall–Kier alpha value is -3.22. The molecule has 30 heavy (non-hydrogen) atoms. The minimum atomic E-state index is 0.462. The summed E-state index contributed by atoms with van der Waals surface area (Å²) in [5.41, 5.74) is 1.76. The van der Waals surface area contributed by atoms with Gasteiger partial charge in [-0.2, -0.15) is 0 Å². The van der Waals surface area contributed by atoms with Crippen LogP contribution in [0.2, 0.25) is 5.02 Å². The minimum Gasteiger partial charge on any atom is -0.454 e. The van der Waals surface area contributed by atoms with Crippen LogP contribution in [-0.4, -0.2) is 10.9 Å². The Morgan fingerprint density at radius 3 is 2.63 bits per heavy atom. The second-order valence-corrected chi connectivity index (χ2v) is 7.93. The topological polar surface area (TPSA) is 58.5 Å². The first-order valence-corrected chi connectivity index (χ1v) is 10.6. The summed E-state index contributed by atoms with van der Waals surface area (Å²) in [6, 6.07) is 23.5. The number of guanidine groups is 1. The number of benzene rings is 3. The van der Waals surface area contributed by atoms with Crippen molar-refractivity contribution in [2.75, 3.05) is 5.32 Å². The summed E-state index contributed by atoms with van der Waals surface area (Å²) >= 11 is 7.74. The Labute approximate surface area is 183 Å². The highest BCUT2D eigenvalue weighted by Gasteiger charge is 2.19. The predicted octanol–water partition coefficient (Wildman–Crippen LogP) is 6.26. The Bertz CT molecular complexity index is 1260. The fourth-order valence-corrected chi connectivity index (χ4v) is 4.04. The highest BCUT2D eigenvalue weighted by atomic mass is 35.5. The molecule has 1 aliphatic rings. The maximum absolute atomic E-state index is 6.25. The number of ether oxygens (including phenoxy) is 1. The molecule has 7 heteroatoms. The quantitative estimate of drug-likeness (QED) is 0.373. The lowest BCUT2D eigenvalue weighted by atomic mass is 10.1. The van der Waals surface area contributed by atoms with E-state index in [4.69, 9.17) is 16.3 Å². The van der Waals surface area contributed by atoms with Crippen LogP contribution in [0.3, 0.4) is 0 Å². The number of para-hydroxylation sites is 2. The maximum atomic E-state index is 6.25. The van der Waals surface area contributed by atoms with Crippen LogP contribution < -0.4 is 14.8 Å². The summed E-state index contributed by atoms with van der Waals surface area (Å²) in [5, 5.41) is 6.17. The SMILES string of the molecule is Clc1ccccc1Oc1cccc2c1NC(=NCc1cc3ccccc3cn1)NS2. The number of nitrogens with one attached hydrogen (secondary N) is 2. The Balaban J connectivity index is 1.37. The largest absolute Gasteiger partial charge is 0.454 e. The number of halogens is 1. The molecule has 5 nitrogen and oxygen atoms in total. The Kier molecular flexibility index (Phi) is 5.17. The molecule has 4 aromatic rings. The van der Waals surface area contributed by atoms with Crippen molar-refractivity contribution in [2.24, 2.45) is 4.99 Å². The van der Waals surface area contributed by atoms with E-state index in [1.54, 1.807) is 6.07 Å². The van der Waals surface area contributed by atoms with E-state index in [0.29, 0.717) is 29.0 Å². The average molecular weight is 433 g/mol. The van der Waals surface area contributed by atoms with E-state index in [2.05, 4.69) is 38.2 Å². The van der Waals surface area contributed by atoms with Gasteiger partial charge in [0.1, 0.15) is 5.75 Å². The second-order valence-electron chi connectivity index (χ2n) is 6.68. The van der Waals surface area contributed by atoms with Crippen molar-refractivity contribution in [3.8, 4) is 11.5 Å². The standard InChI is InChI=1S/C23H17ClN4OS/c24-18-8-3-4-9-19(18)29-20-10-5-11-21-22(20)27-23(28-30-21)26-14-17-12-15-6-1-2-7-16(15)13-25-17/h1-13H,14H2,(H2,26,27,28). The van der Waals surface area contributed by atoms with E-state index in [1.807, 2.05) is 54.7 Å². The molecule has 1 aromatic heterocycles. The number of hydrogen-bond acceptors (Lipinski definition) is 4. The van der Waals surface area contributed by atoms with Gasteiger partial charge in [0.2, 0.25) is 5.96 Å². The molecule has 0 amide bonds. The molecule has 0 unspecified atom stereocenters. The number of pyridine rings is 1. The summed E-state index contributed by atoms with van der Waals surface area (Å²) in [4.78, 5) is 10.2. The molecule has 5 rings (SSSR count). The molecule has 2 heterocycles. The van der Waals surface area contributed by atoms with Crippen LogP contribution in [0.1, 0.15) is 5.69 Å². The van der Waals surface area contributed by atoms with Crippen LogP contribution in [0.15, 0.2) is 88.9 Å². The van der Waals surface area contributed by atoms with E-state index < -0.39 is 0 Å². The molecular weight excluding hydrogens is 416 g/mol. The van der Waals surface area contributed by atoms with Gasteiger partial charge in [-0.1, -0.05) is 54.1 Å². The lowest BCUT2D eigenvalue weighted by molar-refractivity contribution is 0.484. The van der Waals surface area contributed by atoms with Gasteiger partial charge in [-0.05, 0) is 47.7 Å². The molecule has 2 N–H and O–H groups in total. The van der Waals surface area contributed by atoms with Crippen LogP contribution in [-0.2, 0) is 6.54 Å². The van der Waals surface area contributed by atoms with Crippen LogP contribution in [0, 0.1) is 0 Å². The van der Waals surface area contributed by atoms with Crippen molar-refractivity contribution < 1.29 is 4.74 Å². The van der Waals surface area contributed by atoms with Crippen molar-refractivity contribution in [1.29, 1.82) is 0 Å². The van der Waals surface area contributed by atoms with Crippen molar-refractivity contribution in [3.63, 3.8) is 0 Å². The number of hydrogen-bond donors (Lipinski definition) is 2. The van der Waals surface area contributed by atoms with Gasteiger partial charge in [-0.25, -0.2) is 4.99 Å². The lowest BCUT2D eigenvalue weighted by Gasteiger charge is -2.23. The van der Waals surface area contributed by atoms with Gasteiger partial charge in [0.25, 0.3) is 0 Å². The highest BCUT2D eigenvalue weighted by Crippen LogP contribution is 2.40. The molecule has 0 spiro atoms. The van der Waals surface area contributed by atoms with Crippen molar-refractivity contribution in [3.05, 3.63) is 89.7 Å². The molecule has 0 aliphatic carbocycles. The zero-order chi connectivity index (χ0) is 20.3. The van der Waals surface area contributed by atoms with E-state index in [9.17, 15) is 0 Å². The maximum Gasteiger partial charge on any atom is 0.206 e. The summed E-state index contributed by atoms with van der Waals surface area (Å²) in [6.45, 7) is 0.462.